The third kappa shape index (κ3) is 5.02. The molecule has 0 atom stereocenters. The number of carbonyl (C=O) groups excluding carboxylic acids is 1. The van der Waals surface area contributed by atoms with E-state index in [1.165, 1.54) is 0 Å². The molecule has 0 saturated carbocycles. The fourth-order valence-electron chi connectivity index (χ4n) is 2.39. The van der Waals surface area contributed by atoms with Crippen LogP contribution in [0.1, 0.15) is 18.4 Å². The van der Waals surface area contributed by atoms with Gasteiger partial charge in [0.1, 0.15) is 12.4 Å². The molecule has 21 heavy (non-hydrogen) atoms. The second-order valence-electron chi connectivity index (χ2n) is 5.36. The van der Waals surface area contributed by atoms with E-state index < -0.39 is 0 Å². The molecule has 0 aliphatic carbocycles. The molecule has 0 spiro atoms. The number of rotatable bonds is 6. The maximum absolute atomic E-state index is 12.1. The van der Waals surface area contributed by atoms with Crippen molar-refractivity contribution in [1.29, 1.82) is 0 Å². The molecule has 1 N–H and O–H groups in total. The average Bonchev–Trinajstić information content (AvgIpc) is 2.53. The molecule has 1 aliphatic rings. The van der Waals surface area contributed by atoms with Gasteiger partial charge in [-0.2, -0.15) is 0 Å². The highest BCUT2D eigenvalue weighted by Crippen LogP contribution is 2.14. The lowest BCUT2D eigenvalue weighted by atomic mass is 10.1. The standard InChI is InChI=1S/C16H24N2O3/c1-18(11-13-4-3-5-15(10-13)20-2)16(19)12-21-14-6-8-17-9-7-14/h3-5,10,14,17H,6-9,11-12H2,1-2H3. The zero-order chi connectivity index (χ0) is 15.1. The highest BCUT2D eigenvalue weighted by Gasteiger charge is 2.16. The van der Waals surface area contributed by atoms with E-state index in [0.717, 1.165) is 37.2 Å². The Kier molecular flexibility index (Phi) is 6.02. The Morgan fingerprint density at radius 2 is 2.14 bits per heavy atom. The van der Waals surface area contributed by atoms with Crippen LogP contribution in [0.3, 0.4) is 0 Å². The fraction of sp³-hybridized carbons (Fsp3) is 0.562. The minimum absolute atomic E-state index is 0.0105. The summed E-state index contributed by atoms with van der Waals surface area (Å²) in [7, 11) is 3.44. The molecular formula is C16H24N2O3. The van der Waals surface area contributed by atoms with E-state index in [9.17, 15) is 4.79 Å². The third-order valence-corrected chi connectivity index (χ3v) is 3.71. The molecule has 116 valence electrons. The van der Waals surface area contributed by atoms with Crippen LogP contribution in [0.4, 0.5) is 0 Å². The monoisotopic (exact) mass is 292 g/mol. The Labute approximate surface area is 126 Å². The second kappa shape index (κ2) is 8.00. The van der Waals surface area contributed by atoms with Crippen molar-refractivity contribution in [3.63, 3.8) is 0 Å². The predicted molar refractivity (Wildman–Crippen MR) is 81.3 cm³/mol. The number of methoxy groups -OCH3 is 1. The van der Waals surface area contributed by atoms with Gasteiger partial charge in [0.25, 0.3) is 0 Å². The first kappa shape index (κ1) is 15.8. The molecule has 5 heteroatoms. The minimum atomic E-state index is 0.0105. The Bertz CT molecular complexity index is 459. The van der Waals surface area contributed by atoms with E-state index in [2.05, 4.69) is 5.32 Å². The van der Waals surface area contributed by atoms with Gasteiger partial charge in [-0.05, 0) is 43.6 Å². The van der Waals surface area contributed by atoms with Crippen molar-refractivity contribution >= 4 is 5.91 Å². The molecule has 5 nitrogen and oxygen atoms in total. The lowest BCUT2D eigenvalue weighted by molar-refractivity contribution is -0.137. The van der Waals surface area contributed by atoms with Crippen molar-refractivity contribution in [2.45, 2.75) is 25.5 Å². The molecule has 1 fully saturated rings. The Morgan fingerprint density at radius 3 is 2.86 bits per heavy atom. The van der Waals surface area contributed by atoms with E-state index in [1.807, 2.05) is 24.3 Å². The summed E-state index contributed by atoms with van der Waals surface area (Å²) >= 11 is 0. The number of ether oxygens (including phenoxy) is 2. The third-order valence-electron chi connectivity index (χ3n) is 3.71. The molecule has 0 bridgehead atoms. The second-order valence-corrected chi connectivity index (χ2v) is 5.36. The first-order valence-corrected chi connectivity index (χ1v) is 7.38. The van der Waals surface area contributed by atoms with Crippen molar-refractivity contribution in [2.75, 3.05) is 33.9 Å². The summed E-state index contributed by atoms with van der Waals surface area (Å²) in [5, 5.41) is 3.28. The van der Waals surface area contributed by atoms with Gasteiger partial charge in [-0.1, -0.05) is 12.1 Å². The molecule has 2 rings (SSSR count). The number of hydrogen-bond acceptors (Lipinski definition) is 4. The largest absolute Gasteiger partial charge is 0.497 e. The van der Waals surface area contributed by atoms with E-state index in [-0.39, 0.29) is 18.6 Å². The zero-order valence-electron chi connectivity index (χ0n) is 12.8. The van der Waals surface area contributed by atoms with Gasteiger partial charge in [-0.25, -0.2) is 0 Å². The van der Waals surface area contributed by atoms with Gasteiger partial charge >= 0.3 is 0 Å². The fourth-order valence-corrected chi connectivity index (χ4v) is 2.39. The molecular weight excluding hydrogens is 268 g/mol. The number of nitrogens with zero attached hydrogens (tertiary/aromatic N) is 1. The molecule has 0 aromatic heterocycles. The predicted octanol–water partition coefficient (Wildman–Crippen LogP) is 1.42. The van der Waals surface area contributed by atoms with Gasteiger partial charge in [-0.3, -0.25) is 4.79 Å². The number of nitrogens with one attached hydrogen (secondary N) is 1. The van der Waals surface area contributed by atoms with Crippen LogP contribution in [-0.2, 0) is 16.1 Å². The SMILES string of the molecule is COc1cccc(CN(C)C(=O)COC2CCNCC2)c1. The van der Waals surface area contributed by atoms with Crippen molar-refractivity contribution in [1.82, 2.24) is 10.2 Å². The summed E-state index contributed by atoms with van der Waals surface area (Å²) in [6, 6.07) is 7.75. The molecule has 1 saturated heterocycles. The van der Waals surface area contributed by atoms with E-state index >= 15 is 0 Å². The van der Waals surface area contributed by atoms with Crippen LogP contribution in [0.25, 0.3) is 0 Å². The summed E-state index contributed by atoms with van der Waals surface area (Å²) in [5.41, 5.74) is 1.05. The number of amides is 1. The number of benzene rings is 1. The summed E-state index contributed by atoms with van der Waals surface area (Å²) in [5.74, 6) is 0.815. The molecule has 0 unspecified atom stereocenters. The van der Waals surface area contributed by atoms with Crippen molar-refractivity contribution < 1.29 is 14.3 Å². The number of hydrogen-bond donors (Lipinski definition) is 1. The first-order valence-electron chi connectivity index (χ1n) is 7.38. The topological polar surface area (TPSA) is 50.8 Å². The number of likely N-dealkylation sites (N-methyl/N-ethyl adjacent to an activating group) is 1. The molecule has 1 aromatic rings. The van der Waals surface area contributed by atoms with Gasteiger partial charge in [0.05, 0.1) is 13.2 Å². The Balaban J connectivity index is 1.78. The smallest absolute Gasteiger partial charge is 0.248 e. The van der Waals surface area contributed by atoms with E-state index in [4.69, 9.17) is 9.47 Å². The van der Waals surface area contributed by atoms with Gasteiger partial charge in [0.2, 0.25) is 5.91 Å². The quantitative estimate of drug-likeness (QED) is 0.861. The average molecular weight is 292 g/mol. The molecule has 1 heterocycles. The lowest BCUT2D eigenvalue weighted by Gasteiger charge is -2.24. The summed E-state index contributed by atoms with van der Waals surface area (Å²) < 4.78 is 10.9. The molecule has 1 aliphatic heterocycles. The highest BCUT2D eigenvalue weighted by molar-refractivity contribution is 5.77. The van der Waals surface area contributed by atoms with E-state index in [0.29, 0.717) is 6.54 Å². The Hall–Kier alpha value is -1.59. The van der Waals surface area contributed by atoms with Gasteiger partial charge in [-0.15, -0.1) is 0 Å². The molecule has 1 amide bonds. The van der Waals surface area contributed by atoms with Crippen molar-refractivity contribution in [3.05, 3.63) is 29.8 Å². The summed E-state index contributed by atoms with van der Waals surface area (Å²) in [4.78, 5) is 13.8. The summed E-state index contributed by atoms with van der Waals surface area (Å²) in [6.45, 7) is 2.66. The van der Waals surface area contributed by atoms with Gasteiger partial charge < -0.3 is 19.7 Å². The van der Waals surface area contributed by atoms with Crippen LogP contribution in [0.2, 0.25) is 0 Å². The normalized spacial score (nSPS) is 15.7. The van der Waals surface area contributed by atoms with Gasteiger partial charge in [0, 0.05) is 13.6 Å². The van der Waals surface area contributed by atoms with Crippen LogP contribution in [0.5, 0.6) is 5.75 Å². The Morgan fingerprint density at radius 1 is 1.38 bits per heavy atom. The van der Waals surface area contributed by atoms with Crippen LogP contribution in [0, 0.1) is 0 Å². The van der Waals surface area contributed by atoms with Crippen LogP contribution in [0.15, 0.2) is 24.3 Å². The van der Waals surface area contributed by atoms with Crippen LogP contribution in [-0.4, -0.2) is 50.8 Å². The van der Waals surface area contributed by atoms with Crippen molar-refractivity contribution in [3.8, 4) is 5.75 Å². The number of piperidine rings is 1. The lowest BCUT2D eigenvalue weighted by Crippen LogP contribution is -2.36. The van der Waals surface area contributed by atoms with Crippen molar-refractivity contribution in [2.24, 2.45) is 0 Å². The van der Waals surface area contributed by atoms with Gasteiger partial charge in [0.15, 0.2) is 0 Å². The van der Waals surface area contributed by atoms with Crippen LogP contribution < -0.4 is 10.1 Å². The minimum Gasteiger partial charge on any atom is -0.497 e. The summed E-state index contributed by atoms with van der Waals surface area (Å²) in [6.07, 6.45) is 2.17. The van der Waals surface area contributed by atoms with E-state index in [1.54, 1.807) is 19.1 Å². The first-order chi connectivity index (χ1) is 10.2. The maximum Gasteiger partial charge on any atom is 0.248 e. The van der Waals surface area contributed by atoms with Crippen LogP contribution >= 0.6 is 0 Å². The number of carbonyl (C=O) groups is 1. The molecule has 1 aromatic carbocycles. The zero-order valence-corrected chi connectivity index (χ0v) is 12.8. The highest BCUT2D eigenvalue weighted by atomic mass is 16.5. The molecule has 0 radical (unpaired) electrons. The maximum atomic E-state index is 12.1.